The summed E-state index contributed by atoms with van der Waals surface area (Å²) in [6, 6.07) is 14.2. The number of carbonyl (C=O) groups excluding carboxylic acids is 6. The lowest BCUT2D eigenvalue weighted by molar-refractivity contribution is -0.352. The van der Waals surface area contributed by atoms with Gasteiger partial charge in [-0.15, -0.1) is 0 Å². The summed E-state index contributed by atoms with van der Waals surface area (Å²) < 4.78 is 118. The zero-order valence-corrected chi connectivity index (χ0v) is 39.0. The molecule has 4 aliphatic rings. The quantitative estimate of drug-likeness (QED) is 0.0487. The fraction of sp³-hybridized carbons (Fsp3) is 0.451. The number of Topliss-reactive ketones (excluding diaryl/α,β-unsaturated/α-hetero) is 1. The first kappa shape index (κ1) is 51.7. The smallest absolute Gasteiger partial charge is 0.416 e. The summed E-state index contributed by atoms with van der Waals surface area (Å²) in [6.07, 6.45) is -15.8. The topological polar surface area (TPSA) is 178 Å². The van der Waals surface area contributed by atoms with E-state index in [1.54, 1.807) is 51.1 Å². The molecule has 13 nitrogen and oxygen atoms in total. The van der Waals surface area contributed by atoms with Gasteiger partial charge in [0.1, 0.15) is 23.9 Å². The van der Waals surface area contributed by atoms with Gasteiger partial charge in [0.05, 0.1) is 35.9 Å². The minimum Gasteiger partial charge on any atom is -0.458 e. The van der Waals surface area contributed by atoms with E-state index in [4.69, 9.17) is 28.4 Å². The molecule has 1 N–H and O–H groups in total. The minimum atomic E-state index is -5.18. The standard InChI is InChI=1S/C51H50F6O13/c1-26-36(67-27(2)58)23-49(64)45(65-24-31-11-9-8-10-12-31)43-47(7,44(63)42(68-28(3)59)40(26)46(49,5)6)37(22-38-48(43,25-66-38)70-29(4)60)69-39(61)18-15-30-13-16-32(17-14-30)41(62)33-19-34(50(52,53)54)21-35(20-33)51(55,56)57/h8-21,36-38,42-43,45,64H,22-25H2,1-7H3/b18-15+/t36-,37-,38+,42+,43-,45-,47+,48-,49+/m0/s1. The first-order chi connectivity index (χ1) is 32.5. The molecule has 70 heavy (non-hydrogen) atoms. The van der Waals surface area contributed by atoms with Crippen LogP contribution in [0.1, 0.15) is 99.5 Å². The van der Waals surface area contributed by atoms with Gasteiger partial charge >= 0.3 is 36.2 Å². The second-order valence-corrected chi connectivity index (χ2v) is 18.9. The predicted molar refractivity (Wildman–Crippen MR) is 233 cm³/mol. The highest BCUT2D eigenvalue weighted by Crippen LogP contribution is 2.65. The monoisotopic (exact) mass is 984 g/mol. The molecule has 0 aromatic heterocycles. The highest BCUT2D eigenvalue weighted by molar-refractivity contribution is 6.09. The van der Waals surface area contributed by atoms with Crippen LogP contribution in [0, 0.1) is 16.7 Å². The Labute approximate surface area is 398 Å². The van der Waals surface area contributed by atoms with E-state index in [2.05, 4.69) is 0 Å². The molecule has 1 heterocycles. The minimum absolute atomic E-state index is 0.0911. The molecule has 0 radical (unpaired) electrons. The first-order valence-corrected chi connectivity index (χ1v) is 22.2. The number of carbonyl (C=O) groups is 6. The van der Waals surface area contributed by atoms with Crippen LogP contribution in [-0.2, 0) is 71.4 Å². The molecule has 0 unspecified atom stereocenters. The number of hydrogen-bond acceptors (Lipinski definition) is 13. The Morgan fingerprint density at radius 2 is 1.40 bits per heavy atom. The van der Waals surface area contributed by atoms with Crippen LogP contribution in [0.2, 0.25) is 0 Å². The Hall–Kier alpha value is -6.18. The molecule has 1 aliphatic heterocycles. The van der Waals surface area contributed by atoms with Crippen molar-refractivity contribution in [3.63, 3.8) is 0 Å². The third-order valence-electron chi connectivity index (χ3n) is 14.2. The van der Waals surface area contributed by atoms with Crippen molar-refractivity contribution in [1.29, 1.82) is 0 Å². The van der Waals surface area contributed by atoms with Gasteiger partial charge in [-0.2, -0.15) is 26.3 Å². The number of aliphatic hydroxyl groups is 1. The van der Waals surface area contributed by atoms with Crippen molar-refractivity contribution in [1.82, 2.24) is 0 Å². The molecule has 3 aromatic carbocycles. The van der Waals surface area contributed by atoms with Gasteiger partial charge in [0.15, 0.2) is 23.3 Å². The molecular formula is C51H50F6O13. The molecule has 0 amide bonds. The van der Waals surface area contributed by atoms with Crippen molar-refractivity contribution in [3.05, 3.63) is 123 Å². The van der Waals surface area contributed by atoms with Crippen molar-refractivity contribution in [2.24, 2.45) is 16.7 Å². The molecule has 3 aliphatic carbocycles. The summed E-state index contributed by atoms with van der Waals surface area (Å²) in [5, 5.41) is 13.6. The molecule has 2 saturated carbocycles. The van der Waals surface area contributed by atoms with E-state index in [1.165, 1.54) is 32.1 Å². The Morgan fingerprint density at radius 1 is 0.800 bits per heavy atom. The number of hydrogen-bond donors (Lipinski definition) is 1. The third-order valence-corrected chi connectivity index (χ3v) is 14.2. The van der Waals surface area contributed by atoms with Crippen LogP contribution in [0.25, 0.3) is 6.08 Å². The lowest BCUT2D eigenvalue weighted by Crippen LogP contribution is -2.82. The maximum absolute atomic E-state index is 15.9. The molecule has 3 fully saturated rings. The Balaban J connectivity index is 1.30. The van der Waals surface area contributed by atoms with Gasteiger partial charge in [0.2, 0.25) is 0 Å². The average molecular weight is 985 g/mol. The van der Waals surface area contributed by atoms with Crippen molar-refractivity contribution >= 4 is 41.5 Å². The molecule has 0 spiro atoms. The van der Waals surface area contributed by atoms with Crippen LogP contribution >= 0.6 is 0 Å². The maximum atomic E-state index is 15.9. The molecular weight excluding hydrogens is 935 g/mol. The fourth-order valence-electron chi connectivity index (χ4n) is 10.8. The van der Waals surface area contributed by atoms with Gasteiger partial charge in [-0.1, -0.05) is 68.4 Å². The maximum Gasteiger partial charge on any atom is 0.416 e. The summed E-state index contributed by atoms with van der Waals surface area (Å²) >= 11 is 0. The number of fused-ring (bicyclic) bond motifs is 5. The van der Waals surface area contributed by atoms with E-state index in [1.807, 2.05) is 0 Å². The van der Waals surface area contributed by atoms with Gasteiger partial charge in [-0.05, 0) is 60.4 Å². The van der Waals surface area contributed by atoms with Crippen LogP contribution < -0.4 is 0 Å². The Kier molecular flexibility index (Phi) is 13.7. The number of ketones is 2. The van der Waals surface area contributed by atoms with Gasteiger partial charge in [-0.25, -0.2) is 4.79 Å². The van der Waals surface area contributed by atoms with E-state index in [0.29, 0.717) is 23.3 Å². The van der Waals surface area contributed by atoms with Crippen LogP contribution in [0.3, 0.4) is 0 Å². The Morgan fingerprint density at radius 3 is 1.93 bits per heavy atom. The van der Waals surface area contributed by atoms with Crippen LogP contribution in [-0.4, -0.2) is 88.9 Å². The molecule has 374 valence electrons. The van der Waals surface area contributed by atoms with Crippen molar-refractivity contribution in [3.8, 4) is 0 Å². The van der Waals surface area contributed by atoms with Gasteiger partial charge in [0.25, 0.3) is 0 Å². The highest BCUT2D eigenvalue weighted by atomic mass is 19.4. The zero-order valence-electron chi connectivity index (χ0n) is 39.0. The highest BCUT2D eigenvalue weighted by Gasteiger charge is 2.78. The van der Waals surface area contributed by atoms with E-state index < -0.39 is 123 Å². The van der Waals surface area contributed by atoms with Gasteiger partial charge in [0, 0.05) is 62.1 Å². The lowest BCUT2D eigenvalue weighted by atomic mass is 9.44. The fourth-order valence-corrected chi connectivity index (χ4v) is 10.8. The van der Waals surface area contributed by atoms with Crippen molar-refractivity contribution < 1.29 is 88.6 Å². The van der Waals surface area contributed by atoms with Crippen LogP contribution in [0.5, 0.6) is 0 Å². The van der Waals surface area contributed by atoms with E-state index >= 15 is 4.79 Å². The summed E-state index contributed by atoms with van der Waals surface area (Å²) in [5.74, 6) is -6.83. The average Bonchev–Trinajstić information content (AvgIpc) is 3.26. The molecule has 9 atom stereocenters. The van der Waals surface area contributed by atoms with Gasteiger partial charge < -0.3 is 33.5 Å². The number of alkyl halides is 6. The summed E-state index contributed by atoms with van der Waals surface area (Å²) in [5.41, 5.74) is -10.6. The largest absolute Gasteiger partial charge is 0.458 e. The Bertz CT molecular complexity index is 2620. The summed E-state index contributed by atoms with van der Waals surface area (Å²) in [4.78, 5) is 81.9. The van der Waals surface area contributed by atoms with Crippen molar-refractivity contribution in [2.45, 2.75) is 122 Å². The second-order valence-electron chi connectivity index (χ2n) is 18.9. The number of benzene rings is 3. The number of halogens is 6. The molecule has 7 rings (SSSR count). The van der Waals surface area contributed by atoms with Crippen LogP contribution in [0.15, 0.2) is 90.0 Å². The molecule has 2 bridgehead atoms. The third kappa shape index (κ3) is 9.30. The molecule has 1 saturated heterocycles. The van der Waals surface area contributed by atoms with Gasteiger partial charge in [-0.3, -0.25) is 24.0 Å². The van der Waals surface area contributed by atoms with E-state index in [0.717, 1.165) is 32.1 Å². The predicted octanol–water partition coefficient (Wildman–Crippen LogP) is 8.12. The normalized spacial score (nSPS) is 29.4. The summed E-state index contributed by atoms with van der Waals surface area (Å²) in [7, 11) is 0. The first-order valence-electron chi connectivity index (χ1n) is 22.2. The van der Waals surface area contributed by atoms with Crippen molar-refractivity contribution in [2.75, 3.05) is 6.61 Å². The number of rotatable bonds is 11. The molecule has 3 aromatic rings. The number of esters is 4. The lowest BCUT2D eigenvalue weighted by Gasteiger charge is -2.68. The number of ether oxygens (including phenoxy) is 6. The second kappa shape index (κ2) is 18.5. The summed E-state index contributed by atoms with van der Waals surface area (Å²) in [6.45, 7) is 9.26. The van der Waals surface area contributed by atoms with E-state index in [9.17, 15) is 55.4 Å². The SMILES string of the molecule is CC(=O)O[C@H]1C(=O)[C@]2(C)[C@@H](OC(=O)/C=C/c3ccc(C(=O)c4cc(C(F)(F)F)cc(C(F)(F)F)c4)cc3)C[C@H]3OC[C@@]3(OC(C)=O)[C@H]2[C@H](OCc2ccccc2)[C@]2(O)C[C@H](OC(C)=O)C(C)=C1C2(C)C. The van der Waals surface area contributed by atoms with Crippen LogP contribution in [0.4, 0.5) is 26.3 Å². The molecule has 19 heteroatoms. The van der Waals surface area contributed by atoms with E-state index in [-0.39, 0.29) is 48.8 Å². The zero-order chi connectivity index (χ0) is 51.5.